The quantitative estimate of drug-likeness (QED) is 0.907. The maximum atomic E-state index is 5.97. The van der Waals surface area contributed by atoms with Gasteiger partial charge < -0.3 is 10.2 Å². The van der Waals surface area contributed by atoms with Crippen LogP contribution in [-0.4, -0.2) is 34.6 Å². The van der Waals surface area contributed by atoms with Gasteiger partial charge in [0.1, 0.15) is 0 Å². The maximum Gasteiger partial charge on any atom is 0.231 e. The van der Waals surface area contributed by atoms with Gasteiger partial charge in [0.15, 0.2) is 0 Å². The van der Waals surface area contributed by atoms with Crippen LogP contribution in [0.5, 0.6) is 0 Å². The maximum absolute atomic E-state index is 5.97. The lowest BCUT2D eigenvalue weighted by Gasteiger charge is -2.26. The molecule has 2 heterocycles. The summed E-state index contributed by atoms with van der Waals surface area (Å²) in [6, 6.07) is 0. The van der Waals surface area contributed by atoms with E-state index in [1.54, 1.807) is 0 Å². The van der Waals surface area contributed by atoms with E-state index in [4.69, 9.17) is 11.6 Å². The van der Waals surface area contributed by atoms with Crippen LogP contribution in [0.4, 0.5) is 11.9 Å². The molecule has 2 fully saturated rings. The molecular weight excluding hydrogens is 250 g/mol. The van der Waals surface area contributed by atoms with Gasteiger partial charge in [0.05, 0.1) is 0 Å². The van der Waals surface area contributed by atoms with Crippen molar-refractivity contribution in [2.75, 3.05) is 29.9 Å². The number of anilines is 2. The summed E-state index contributed by atoms with van der Waals surface area (Å²) in [5, 5.41) is 3.53. The summed E-state index contributed by atoms with van der Waals surface area (Å²) in [6.07, 6.45) is 6.32. The molecule has 1 aromatic rings. The SMILES string of the molecule is Clc1nc(NCC2CC2)nc(N2CCCCC2)n1. The van der Waals surface area contributed by atoms with Crippen molar-refractivity contribution >= 4 is 23.5 Å². The first-order valence-corrected chi connectivity index (χ1v) is 7.09. The van der Waals surface area contributed by atoms with Gasteiger partial charge in [0, 0.05) is 19.6 Å². The minimum Gasteiger partial charge on any atom is -0.354 e. The van der Waals surface area contributed by atoms with E-state index in [0.29, 0.717) is 11.9 Å². The van der Waals surface area contributed by atoms with Gasteiger partial charge in [-0.3, -0.25) is 0 Å². The van der Waals surface area contributed by atoms with Gasteiger partial charge >= 0.3 is 0 Å². The summed E-state index contributed by atoms with van der Waals surface area (Å²) < 4.78 is 0. The normalized spacial score (nSPS) is 19.9. The molecule has 0 aromatic carbocycles. The zero-order chi connectivity index (χ0) is 12.4. The third-order valence-corrected chi connectivity index (χ3v) is 3.65. The second-order valence-electron chi connectivity index (χ2n) is 5.10. The molecule has 0 atom stereocenters. The van der Waals surface area contributed by atoms with Crippen LogP contribution < -0.4 is 10.2 Å². The van der Waals surface area contributed by atoms with Crippen molar-refractivity contribution in [1.82, 2.24) is 15.0 Å². The Morgan fingerprint density at radius 3 is 2.61 bits per heavy atom. The Labute approximate surface area is 112 Å². The van der Waals surface area contributed by atoms with Gasteiger partial charge in [-0.25, -0.2) is 0 Å². The molecule has 1 saturated heterocycles. The van der Waals surface area contributed by atoms with E-state index in [2.05, 4.69) is 25.2 Å². The number of hydrogen-bond donors (Lipinski definition) is 1. The highest BCUT2D eigenvalue weighted by Crippen LogP contribution is 2.28. The van der Waals surface area contributed by atoms with Crippen molar-refractivity contribution in [3.8, 4) is 0 Å². The summed E-state index contributed by atoms with van der Waals surface area (Å²) in [6.45, 7) is 2.98. The lowest BCUT2D eigenvalue weighted by Crippen LogP contribution is -2.31. The van der Waals surface area contributed by atoms with Crippen LogP contribution >= 0.6 is 11.6 Å². The van der Waals surface area contributed by atoms with Crippen LogP contribution in [0.15, 0.2) is 0 Å². The van der Waals surface area contributed by atoms with Gasteiger partial charge in [-0.15, -0.1) is 0 Å². The molecule has 1 aliphatic heterocycles. The first-order chi connectivity index (χ1) is 8.81. The molecule has 0 radical (unpaired) electrons. The second-order valence-corrected chi connectivity index (χ2v) is 5.44. The van der Waals surface area contributed by atoms with E-state index in [1.807, 2.05) is 0 Å². The van der Waals surface area contributed by atoms with E-state index in [1.165, 1.54) is 32.1 Å². The third kappa shape index (κ3) is 3.02. The van der Waals surface area contributed by atoms with E-state index >= 15 is 0 Å². The van der Waals surface area contributed by atoms with Gasteiger partial charge in [-0.05, 0) is 49.6 Å². The topological polar surface area (TPSA) is 53.9 Å². The standard InChI is InChI=1S/C12H18ClN5/c13-10-15-11(14-8-9-4-5-9)17-12(16-10)18-6-2-1-3-7-18/h9H,1-8H2,(H,14,15,16,17). The first kappa shape index (κ1) is 12.0. The fraction of sp³-hybridized carbons (Fsp3) is 0.750. The van der Waals surface area contributed by atoms with Gasteiger partial charge in [-0.2, -0.15) is 15.0 Å². The smallest absolute Gasteiger partial charge is 0.231 e. The highest BCUT2D eigenvalue weighted by atomic mass is 35.5. The summed E-state index contributed by atoms with van der Waals surface area (Å²) >= 11 is 5.97. The monoisotopic (exact) mass is 267 g/mol. The molecule has 0 bridgehead atoms. The number of piperidine rings is 1. The van der Waals surface area contributed by atoms with Crippen LogP contribution in [0, 0.1) is 5.92 Å². The van der Waals surface area contributed by atoms with Crippen molar-refractivity contribution in [2.45, 2.75) is 32.1 Å². The number of halogens is 1. The Morgan fingerprint density at radius 1 is 1.11 bits per heavy atom. The zero-order valence-corrected chi connectivity index (χ0v) is 11.2. The largest absolute Gasteiger partial charge is 0.354 e. The minimum atomic E-state index is 0.281. The number of aromatic nitrogens is 3. The zero-order valence-electron chi connectivity index (χ0n) is 10.4. The van der Waals surface area contributed by atoms with E-state index < -0.39 is 0 Å². The lowest BCUT2D eigenvalue weighted by atomic mass is 10.1. The van der Waals surface area contributed by atoms with Crippen LogP contribution in [-0.2, 0) is 0 Å². The van der Waals surface area contributed by atoms with Crippen molar-refractivity contribution in [1.29, 1.82) is 0 Å². The average Bonchev–Trinajstić information content (AvgIpc) is 3.21. The molecule has 5 nitrogen and oxygen atoms in total. The predicted molar refractivity (Wildman–Crippen MR) is 72.1 cm³/mol. The molecule has 1 N–H and O–H groups in total. The number of hydrogen-bond acceptors (Lipinski definition) is 5. The molecule has 1 saturated carbocycles. The van der Waals surface area contributed by atoms with Crippen molar-refractivity contribution in [2.24, 2.45) is 5.92 Å². The molecular formula is C12H18ClN5. The highest BCUT2D eigenvalue weighted by molar-refractivity contribution is 6.28. The molecule has 1 aliphatic carbocycles. The van der Waals surface area contributed by atoms with Crippen molar-refractivity contribution in [3.05, 3.63) is 5.28 Å². The Balaban J connectivity index is 1.71. The minimum absolute atomic E-state index is 0.281. The van der Waals surface area contributed by atoms with E-state index in [0.717, 1.165) is 25.6 Å². The molecule has 98 valence electrons. The molecule has 18 heavy (non-hydrogen) atoms. The molecule has 0 unspecified atom stereocenters. The Bertz CT molecular complexity index is 415. The molecule has 0 amide bonds. The predicted octanol–water partition coefficient (Wildman–Crippen LogP) is 2.34. The van der Waals surface area contributed by atoms with Crippen LogP contribution in [0.3, 0.4) is 0 Å². The van der Waals surface area contributed by atoms with Crippen molar-refractivity contribution in [3.63, 3.8) is 0 Å². The Morgan fingerprint density at radius 2 is 1.89 bits per heavy atom. The fourth-order valence-corrected chi connectivity index (χ4v) is 2.37. The van der Waals surface area contributed by atoms with Crippen LogP contribution in [0.2, 0.25) is 5.28 Å². The number of rotatable bonds is 4. The molecule has 3 rings (SSSR count). The molecule has 2 aliphatic rings. The second kappa shape index (κ2) is 5.26. The summed E-state index contributed by atoms with van der Waals surface area (Å²) in [5.74, 6) is 2.12. The average molecular weight is 268 g/mol. The summed E-state index contributed by atoms with van der Waals surface area (Å²) in [5.41, 5.74) is 0. The summed E-state index contributed by atoms with van der Waals surface area (Å²) in [7, 11) is 0. The molecule has 6 heteroatoms. The number of nitrogens with one attached hydrogen (secondary N) is 1. The van der Waals surface area contributed by atoms with Gasteiger partial charge in [0.25, 0.3) is 0 Å². The lowest BCUT2D eigenvalue weighted by molar-refractivity contribution is 0.567. The fourth-order valence-electron chi connectivity index (χ4n) is 2.21. The Kier molecular flexibility index (Phi) is 3.50. The van der Waals surface area contributed by atoms with E-state index in [-0.39, 0.29) is 5.28 Å². The summed E-state index contributed by atoms with van der Waals surface area (Å²) in [4.78, 5) is 15.0. The molecule has 1 aromatic heterocycles. The van der Waals surface area contributed by atoms with Gasteiger partial charge in [0.2, 0.25) is 17.2 Å². The van der Waals surface area contributed by atoms with Gasteiger partial charge in [-0.1, -0.05) is 0 Å². The third-order valence-electron chi connectivity index (χ3n) is 3.48. The van der Waals surface area contributed by atoms with E-state index in [9.17, 15) is 0 Å². The molecule has 0 spiro atoms. The van der Waals surface area contributed by atoms with Crippen LogP contribution in [0.25, 0.3) is 0 Å². The van der Waals surface area contributed by atoms with Crippen LogP contribution in [0.1, 0.15) is 32.1 Å². The first-order valence-electron chi connectivity index (χ1n) is 6.71. The highest BCUT2D eigenvalue weighted by Gasteiger charge is 2.21. The van der Waals surface area contributed by atoms with Crippen molar-refractivity contribution < 1.29 is 0 Å². The number of nitrogens with zero attached hydrogens (tertiary/aromatic N) is 4. The Hall–Kier alpha value is -1.10.